The SMILES string of the molecule is CCC1C2CNCC2CN1c1ccncc1. The Labute approximate surface area is 96.9 Å². The molecule has 16 heavy (non-hydrogen) atoms. The van der Waals surface area contributed by atoms with Crippen LogP contribution in [-0.4, -0.2) is 30.7 Å². The van der Waals surface area contributed by atoms with E-state index in [9.17, 15) is 0 Å². The van der Waals surface area contributed by atoms with E-state index in [1.54, 1.807) is 0 Å². The molecule has 0 amide bonds. The number of pyridine rings is 1. The van der Waals surface area contributed by atoms with Crippen LogP contribution in [0.25, 0.3) is 0 Å². The molecule has 3 heterocycles. The Morgan fingerprint density at radius 1 is 1.38 bits per heavy atom. The molecule has 3 heteroatoms. The van der Waals surface area contributed by atoms with Crippen molar-refractivity contribution >= 4 is 5.69 Å². The van der Waals surface area contributed by atoms with E-state index in [0.717, 1.165) is 11.8 Å². The summed E-state index contributed by atoms with van der Waals surface area (Å²) in [6, 6.07) is 4.98. The predicted molar refractivity (Wildman–Crippen MR) is 65.5 cm³/mol. The second-order valence-electron chi connectivity index (χ2n) is 4.92. The first-order valence-corrected chi connectivity index (χ1v) is 6.27. The molecule has 1 N–H and O–H groups in total. The van der Waals surface area contributed by atoms with E-state index < -0.39 is 0 Å². The molecule has 0 aromatic carbocycles. The molecule has 0 saturated carbocycles. The molecule has 2 fully saturated rings. The Hall–Kier alpha value is -1.09. The van der Waals surface area contributed by atoms with Gasteiger partial charge in [0.15, 0.2) is 0 Å². The highest BCUT2D eigenvalue weighted by Gasteiger charge is 2.43. The van der Waals surface area contributed by atoms with Gasteiger partial charge in [0.2, 0.25) is 0 Å². The van der Waals surface area contributed by atoms with Crippen molar-refractivity contribution in [2.45, 2.75) is 19.4 Å². The summed E-state index contributed by atoms with van der Waals surface area (Å²) in [4.78, 5) is 6.68. The van der Waals surface area contributed by atoms with Crippen molar-refractivity contribution in [3.05, 3.63) is 24.5 Å². The second kappa shape index (κ2) is 4.06. The van der Waals surface area contributed by atoms with Gasteiger partial charge in [-0.2, -0.15) is 0 Å². The average Bonchev–Trinajstić information content (AvgIpc) is 2.89. The van der Waals surface area contributed by atoms with Crippen molar-refractivity contribution in [1.82, 2.24) is 10.3 Å². The van der Waals surface area contributed by atoms with E-state index in [1.807, 2.05) is 12.4 Å². The van der Waals surface area contributed by atoms with Crippen LogP contribution in [0.3, 0.4) is 0 Å². The summed E-state index contributed by atoms with van der Waals surface area (Å²) in [5, 5.41) is 3.52. The van der Waals surface area contributed by atoms with Crippen molar-refractivity contribution in [2.24, 2.45) is 11.8 Å². The van der Waals surface area contributed by atoms with Crippen molar-refractivity contribution in [2.75, 3.05) is 24.5 Å². The molecule has 3 atom stereocenters. The smallest absolute Gasteiger partial charge is 0.0399 e. The number of fused-ring (bicyclic) bond motifs is 1. The zero-order valence-corrected chi connectivity index (χ0v) is 9.76. The Kier molecular flexibility index (Phi) is 2.56. The zero-order valence-electron chi connectivity index (χ0n) is 9.76. The molecule has 2 aliphatic rings. The van der Waals surface area contributed by atoms with Crippen LogP contribution in [-0.2, 0) is 0 Å². The van der Waals surface area contributed by atoms with E-state index in [2.05, 4.69) is 34.3 Å². The van der Waals surface area contributed by atoms with Crippen LogP contribution >= 0.6 is 0 Å². The standard InChI is InChI=1S/C13H19N3/c1-2-13-12-8-15-7-10(12)9-16(13)11-3-5-14-6-4-11/h3-6,10,12-13,15H,2,7-9H2,1H3. The molecule has 1 aromatic rings. The summed E-state index contributed by atoms with van der Waals surface area (Å²) in [5.74, 6) is 1.69. The lowest BCUT2D eigenvalue weighted by atomic mass is 9.93. The fourth-order valence-corrected chi connectivity index (χ4v) is 3.38. The number of anilines is 1. The topological polar surface area (TPSA) is 28.2 Å². The first-order chi connectivity index (χ1) is 7.90. The minimum atomic E-state index is 0.711. The van der Waals surface area contributed by atoms with E-state index in [0.29, 0.717) is 6.04 Å². The van der Waals surface area contributed by atoms with Gasteiger partial charge >= 0.3 is 0 Å². The molecular formula is C13H19N3. The van der Waals surface area contributed by atoms with Gasteiger partial charge in [-0.3, -0.25) is 4.98 Å². The lowest BCUT2D eigenvalue weighted by molar-refractivity contribution is 0.442. The van der Waals surface area contributed by atoms with E-state index in [-0.39, 0.29) is 0 Å². The molecule has 2 saturated heterocycles. The molecule has 3 unspecified atom stereocenters. The Morgan fingerprint density at radius 2 is 2.19 bits per heavy atom. The maximum atomic E-state index is 4.10. The number of rotatable bonds is 2. The van der Waals surface area contributed by atoms with Gasteiger partial charge in [0, 0.05) is 43.8 Å². The maximum absolute atomic E-state index is 4.10. The quantitative estimate of drug-likeness (QED) is 0.814. The number of hydrogen-bond acceptors (Lipinski definition) is 3. The third kappa shape index (κ3) is 1.50. The summed E-state index contributed by atoms with van der Waals surface area (Å²) in [6.45, 7) is 5.91. The number of nitrogens with zero attached hydrogens (tertiary/aromatic N) is 2. The van der Waals surface area contributed by atoms with Gasteiger partial charge in [-0.05, 0) is 30.4 Å². The Bertz CT molecular complexity index is 351. The third-order valence-electron chi connectivity index (χ3n) is 4.13. The molecule has 1 aromatic heterocycles. The minimum absolute atomic E-state index is 0.711. The number of hydrogen-bond donors (Lipinski definition) is 1. The normalized spacial score (nSPS) is 33.1. The Morgan fingerprint density at radius 3 is 2.94 bits per heavy atom. The van der Waals surface area contributed by atoms with Crippen LogP contribution in [0, 0.1) is 11.8 Å². The second-order valence-corrected chi connectivity index (χ2v) is 4.92. The van der Waals surface area contributed by atoms with Crippen LogP contribution in [0.4, 0.5) is 5.69 Å². The molecule has 0 radical (unpaired) electrons. The van der Waals surface area contributed by atoms with Gasteiger partial charge in [0.25, 0.3) is 0 Å². The molecule has 2 aliphatic heterocycles. The lowest BCUT2D eigenvalue weighted by Gasteiger charge is -2.28. The van der Waals surface area contributed by atoms with Gasteiger partial charge < -0.3 is 10.2 Å². The highest BCUT2D eigenvalue weighted by atomic mass is 15.2. The largest absolute Gasteiger partial charge is 0.368 e. The monoisotopic (exact) mass is 217 g/mol. The van der Waals surface area contributed by atoms with Crippen LogP contribution in [0.15, 0.2) is 24.5 Å². The van der Waals surface area contributed by atoms with Crippen LogP contribution in [0.1, 0.15) is 13.3 Å². The molecule has 3 rings (SSSR count). The van der Waals surface area contributed by atoms with Crippen LogP contribution < -0.4 is 10.2 Å². The van der Waals surface area contributed by atoms with Crippen LogP contribution in [0.5, 0.6) is 0 Å². The van der Waals surface area contributed by atoms with Crippen molar-refractivity contribution in [1.29, 1.82) is 0 Å². The molecule has 0 aliphatic carbocycles. The predicted octanol–water partition coefficient (Wildman–Crippen LogP) is 1.52. The fraction of sp³-hybridized carbons (Fsp3) is 0.615. The Balaban J connectivity index is 1.86. The van der Waals surface area contributed by atoms with E-state index >= 15 is 0 Å². The molecule has 0 spiro atoms. The molecule has 86 valence electrons. The molecular weight excluding hydrogens is 198 g/mol. The van der Waals surface area contributed by atoms with E-state index in [4.69, 9.17) is 0 Å². The van der Waals surface area contributed by atoms with Crippen molar-refractivity contribution < 1.29 is 0 Å². The van der Waals surface area contributed by atoms with Gasteiger partial charge in [0.05, 0.1) is 0 Å². The highest BCUT2D eigenvalue weighted by Crippen LogP contribution is 2.36. The van der Waals surface area contributed by atoms with Crippen molar-refractivity contribution in [3.63, 3.8) is 0 Å². The number of aromatic nitrogens is 1. The van der Waals surface area contributed by atoms with Gasteiger partial charge in [-0.25, -0.2) is 0 Å². The van der Waals surface area contributed by atoms with Gasteiger partial charge in [-0.1, -0.05) is 6.92 Å². The number of nitrogens with one attached hydrogen (secondary N) is 1. The summed E-state index contributed by atoms with van der Waals surface area (Å²) < 4.78 is 0. The highest BCUT2D eigenvalue weighted by molar-refractivity contribution is 5.47. The minimum Gasteiger partial charge on any atom is -0.368 e. The molecule has 3 nitrogen and oxygen atoms in total. The first kappa shape index (κ1) is 10.1. The lowest BCUT2D eigenvalue weighted by Crippen LogP contribution is -2.35. The van der Waals surface area contributed by atoms with Crippen LogP contribution in [0.2, 0.25) is 0 Å². The first-order valence-electron chi connectivity index (χ1n) is 6.27. The summed E-state index contributed by atoms with van der Waals surface area (Å²) >= 11 is 0. The van der Waals surface area contributed by atoms with Crippen molar-refractivity contribution in [3.8, 4) is 0 Å². The van der Waals surface area contributed by atoms with E-state index in [1.165, 1.54) is 31.7 Å². The summed E-state index contributed by atoms with van der Waals surface area (Å²) in [7, 11) is 0. The average molecular weight is 217 g/mol. The molecule has 0 bridgehead atoms. The van der Waals surface area contributed by atoms with Gasteiger partial charge in [-0.15, -0.1) is 0 Å². The summed E-state index contributed by atoms with van der Waals surface area (Å²) in [5.41, 5.74) is 1.34. The third-order valence-corrected chi connectivity index (χ3v) is 4.13. The van der Waals surface area contributed by atoms with Gasteiger partial charge in [0.1, 0.15) is 0 Å². The maximum Gasteiger partial charge on any atom is 0.0399 e. The summed E-state index contributed by atoms with van der Waals surface area (Å²) in [6.07, 6.45) is 5.04. The zero-order chi connectivity index (χ0) is 11.0. The fourth-order valence-electron chi connectivity index (χ4n) is 3.38.